The van der Waals surface area contributed by atoms with E-state index in [0.717, 1.165) is 17.8 Å². The Balaban J connectivity index is 2.29. The molecule has 0 fully saturated rings. The van der Waals surface area contributed by atoms with E-state index in [1.807, 2.05) is 57.2 Å². The molecule has 2 aromatic carbocycles. The highest BCUT2D eigenvalue weighted by Gasteiger charge is 2.44. The van der Waals surface area contributed by atoms with Crippen LogP contribution in [0, 0.1) is 5.41 Å². The molecule has 0 amide bonds. The van der Waals surface area contributed by atoms with Crippen LogP contribution in [0.25, 0.3) is 0 Å². The molecule has 1 heterocycles. The zero-order valence-electron chi connectivity index (χ0n) is 14.9. The van der Waals surface area contributed by atoms with Crippen LogP contribution in [0.1, 0.15) is 37.8 Å². The van der Waals surface area contributed by atoms with E-state index in [4.69, 9.17) is 0 Å². The molecule has 0 saturated carbocycles. The minimum absolute atomic E-state index is 0.0714. The van der Waals surface area contributed by atoms with Gasteiger partial charge in [0.25, 0.3) is 0 Å². The van der Waals surface area contributed by atoms with Gasteiger partial charge in [0.05, 0.1) is 16.8 Å². The van der Waals surface area contributed by atoms with Gasteiger partial charge in [0.2, 0.25) is 0 Å². The fourth-order valence-electron chi connectivity index (χ4n) is 3.69. The van der Waals surface area contributed by atoms with Crippen LogP contribution >= 0.6 is 0 Å². The molecule has 2 N–H and O–H groups in total. The van der Waals surface area contributed by atoms with E-state index < -0.39 is 21.4 Å². The molecule has 0 bridgehead atoms. The number of anilines is 1. The molecule has 2 atom stereocenters. The number of aliphatic hydroxyl groups excluding tert-OH is 1. The molecular weight excluding hydrogens is 334 g/mol. The number of benzene rings is 2. The van der Waals surface area contributed by atoms with Crippen molar-refractivity contribution in [3.8, 4) is 0 Å². The Bertz CT molecular complexity index is 860. The maximum atomic E-state index is 13.0. The van der Waals surface area contributed by atoms with Gasteiger partial charge in [-0.3, -0.25) is 0 Å². The first kappa shape index (κ1) is 18.0. The van der Waals surface area contributed by atoms with Crippen LogP contribution in [0.4, 0.5) is 5.69 Å². The molecular formula is C20H25NO3S. The van der Waals surface area contributed by atoms with Crippen LogP contribution in [-0.4, -0.2) is 31.9 Å². The first-order valence-corrected chi connectivity index (χ1v) is 10.2. The van der Waals surface area contributed by atoms with Crippen LogP contribution < -0.4 is 5.32 Å². The van der Waals surface area contributed by atoms with E-state index in [-0.39, 0.29) is 11.7 Å². The Labute approximate surface area is 149 Å². The third kappa shape index (κ3) is 3.31. The molecule has 0 aliphatic carbocycles. The Morgan fingerprint density at radius 1 is 1.16 bits per heavy atom. The topological polar surface area (TPSA) is 66.4 Å². The summed E-state index contributed by atoms with van der Waals surface area (Å²) in [6.07, 6.45) is -0.803. The number of aliphatic hydroxyl groups is 1. The summed E-state index contributed by atoms with van der Waals surface area (Å²) in [7, 11) is -3.48. The Hall–Kier alpha value is -1.85. The van der Waals surface area contributed by atoms with Crippen LogP contribution in [0.2, 0.25) is 0 Å². The van der Waals surface area contributed by atoms with Gasteiger partial charge >= 0.3 is 0 Å². The van der Waals surface area contributed by atoms with E-state index in [9.17, 15) is 13.5 Å². The molecule has 25 heavy (non-hydrogen) atoms. The van der Waals surface area contributed by atoms with Crippen molar-refractivity contribution < 1.29 is 13.5 Å². The molecule has 1 unspecified atom stereocenters. The monoisotopic (exact) mass is 359 g/mol. The van der Waals surface area contributed by atoms with Gasteiger partial charge in [-0.1, -0.05) is 44.2 Å². The highest BCUT2D eigenvalue weighted by Crippen LogP contribution is 2.45. The third-order valence-electron chi connectivity index (χ3n) is 4.90. The minimum atomic E-state index is -3.48. The molecule has 4 nitrogen and oxygen atoms in total. The minimum Gasteiger partial charge on any atom is -0.392 e. The fourth-order valence-corrected chi connectivity index (χ4v) is 5.81. The lowest BCUT2D eigenvalue weighted by atomic mass is 9.75. The average molecular weight is 359 g/mol. The van der Waals surface area contributed by atoms with Crippen molar-refractivity contribution >= 4 is 15.5 Å². The van der Waals surface area contributed by atoms with Gasteiger partial charge in [0.1, 0.15) is 0 Å². The molecule has 5 heteroatoms. The Morgan fingerprint density at radius 2 is 1.84 bits per heavy atom. The summed E-state index contributed by atoms with van der Waals surface area (Å²) in [6, 6.07) is 15.0. The summed E-state index contributed by atoms with van der Waals surface area (Å²) in [6.45, 7) is 6.38. The van der Waals surface area contributed by atoms with Gasteiger partial charge in [0.15, 0.2) is 9.84 Å². The van der Waals surface area contributed by atoms with Gasteiger partial charge in [-0.2, -0.15) is 0 Å². The summed E-state index contributed by atoms with van der Waals surface area (Å²) in [4.78, 5) is 0.327. The normalized spacial score (nSPS) is 24.2. The van der Waals surface area contributed by atoms with E-state index in [0.29, 0.717) is 10.5 Å². The van der Waals surface area contributed by atoms with Crippen molar-refractivity contribution in [3.63, 3.8) is 0 Å². The first-order valence-electron chi connectivity index (χ1n) is 8.60. The van der Waals surface area contributed by atoms with Crippen molar-refractivity contribution in [2.45, 2.75) is 37.7 Å². The maximum absolute atomic E-state index is 13.0. The van der Waals surface area contributed by atoms with Crippen molar-refractivity contribution in [1.82, 2.24) is 0 Å². The molecule has 0 saturated heterocycles. The Kier molecular flexibility index (Phi) is 4.64. The zero-order valence-corrected chi connectivity index (χ0v) is 15.7. The van der Waals surface area contributed by atoms with Gasteiger partial charge in [-0.25, -0.2) is 8.42 Å². The van der Waals surface area contributed by atoms with Gasteiger partial charge < -0.3 is 10.4 Å². The second-order valence-electron chi connectivity index (χ2n) is 7.36. The molecule has 134 valence electrons. The van der Waals surface area contributed by atoms with Crippen LogP contribution in [-0.2, 0) is 9.84 Å². The number of sulfone groups is 1. The Morgan fingerprint density at radius 3 is 2.48 bits per heavy atom. The predicted molar refractivity (Wildman–Crippen MR) is 101 cm³/mol. The van der Waals surface area contributed by atoms with Crippen molar-refractivity contribution in [3.05, 3.63) is 59.7 Å². The molecule has 0 spiro atoms. The van der Waals surface area contributed by atoms with Gasteiger partial charge in [-0.05, 0) is 36.2 Å². The largest absolute Gasteiger partial charge is 0.392 e. The van der Waals surface area contributed by atoms with Crippen molar-refractivity contribution in [2.75, 3.05) is 17.6 Å². The molecule has 0 radical (unpaired) electrons. The van der Waals surface area contributed by atoms with E-state index in [1.54, 1.807) is 12.1 Å². The molecule has 1 aliphatic rings. The van der Waals surface area contributed by atoms with E-state index in [2.05, 4.69) is 5.32 Å². The second kappa shape index (κ2) is 6.46. The van der Waals surface area contributed by atoms with E-state index in [1.165, 1.54) is 0 Å². The van der Waals surface area contributed by atoms with Gasteiger partial charge in [0, 0.05) is 23.6 Å². The highest BCUT2D eigenvalue weighted by molar-refractivity contribution is 7.91. The first-order chi connectivity index (χ1) is 11.8. The van der Waals surface area contributed by atoms with Crippen LogP contribution in [0.3, 0.4) is 0 Å². The summed E-state index contributed by atoms with van der Waals surface area (Å²) in [5, 5.41) is 14.4. The predicted octanol–water partition coefficient (Wildman–Crippen LogP) is 3.42. The number of hydrogen-bond donors (Lipinski definition) is 2. The van der Waals surface area contributed by atoms with Crippen LogP contribution in [0.15, 0.2) is 53.4 Å². The highest BCUT2D eigenvalue weighted by atomic mass is 32.2. The number of hydrogen-bond acceptors (Lipinski definition) is 4. The molecule has 3 rings (SSSR count). The van der Waals surface area contributed by atoms with Crippen LogP contribution in [0.5, 0.6) is 0 Å². The molecule has 0 aromatic heterocycles. The third-order valence-corrected chi connectivity index (χ3v) is 7.06. The smallest absolute Gasteiger partial charge is 0.179 e. The lowest BCUT2D eigenvalue weighted by Gasteiger charge is -2.33. The summed E-state index contributed by atoms with van der Waals surface area (Å²) in [5.74, 6) is -0.458. The van der Waals surface area contributed by atoms with Gasteiger partial charge in [-0.15, -0.1) is 0 Å². The van der Waals surface area contributed by atoms with Crippen molar-refractivity contribution in [2.24, 2.45) is 5.41 Å². The SMILES string of the molecule is CCNc1ccc2c(c1)[C@H](c1ccccc1)C(O)C(C)(C)CS2(=O)=O. The average Bonchev–Trinajstić information content (AvgIpc) is 2.60. The number of fused-ring (bicyclic) bond motifs is 1. The second-order valence-corrected chi connectivity index (χ2v) is 9.32. The molecule has 1 aliphatic heterocycles. The summed E-state index contributed by atoms with van der Waals surface area (Å²) < 4.78 is 25.9. The quantitative estimate of drug-likeness (QED) is 0.881. The van der Waals surface area contributed by atoms with Crippen molar-refractivity contribution in [1.29, 1.82) is 0 Å². The number of rotatable bonds is 3. The lowest BCUT2D eigenvalue weighted by Crippen LogP contribution is -2.37. The summed E-state index contributed by atoms with van der Waals surface area (Å²) >= 11 is 0. The summed E-state index contributed by atoms with van der Waals surface area (Å²) in [5.41, 5.74) is 1.71. The maximum Gasteiger partial charge on any atom is 0.179 e. The zero-order chi connectivity index (χ0) is 18.2. The lowest BCUT2D eigenvalue weighted by molar-refractivity contribution is 0.0521. The number of nitrogens with one attached hydrogen (secondary N) is 1. The van der Waals surface area contributed by atoms with E-state index >= 15 is 0 Å². The fraction of sp³-hybridized carbons (Fsp3) is 0.400. The molecule has 2 aromatic rings. The standard InChI is InChI=1S/C20H25NO3S/c1-4-21-15-10-11-17-16(12-15)18(14-8-6-5-7-9-14)19(22)20(2,3)13-25(17,23)24/h5-12,18-19,21-22H,4,13H2,1-3H3/t18-,19?/m0/s1.